The molecule has 0 aliphatic heterocycles. The van der Waals surface area contributed by atoms with Crippen molar-refractivity contribution >= 4 is 0 Å². The molecular weight excluding hydrogens is 210 g/mol. The van der Waals surface area contributed by atoms with Gasteiger partial charge >= 0.3 is 0 Å². The molecule has 0 radical (unpaired) electrons. The number of likely N-dealkylation sites (N-methyl/N-ethyl adjacent to an activating group) is 1. The Morgan fingerprint density at radius 1 is 1.24 bits per heavy atom. The maximum atomic E-state index is 4.50. The van der Waals surface area contributed by atoms with E-state index in [4.69, 9.17) is 0 Å². The predicted octanol–water partition coefficient (Wildman–Crippen LogP) is 2.29. The first kappa shape index (κ1) is 12.5. The molecule has 3 nitrogen and oxygen atoms in total. The molecule has 0 fully saturated rings. The van der Waals surface area contributed by atoms with E-state index in [1.54, 1.807) is 6.33 Å². The summed E-state index contributed by atoms with van der Waals surface area (Å²) in [5.41, 5.74) is 4.01. The van der Waals surface area contributed by atoms with Gasteiger partial charge in [0.15, 0.2) is 0 Å². The summed E-state index contributed by atoms with van der Waals surface area (Å²) in [7, 11) is 0. The van der Waals surface area contributed by atoms with E-state index in [0.29, 0.717) is 6.04 Å². The van der Waals surface area contributed by atoms with E-state index in [1.807, 2.05) is 0 Å². The van der Waals surface area contributed by atoms with Gasteiger partial charge in [0.05, 0.1) is 0 Å². The Kier molecular flexibility index (Phi) is 4.49. The summed E-state index contributed by atoms with van der Waals surface area (Å²) in [6.07, 6.45) is 9.00. The highest BCUT2D eigenvalue weighted by atomic mass is 14.9. The second kappa shape index (κ2) is 6.10. The summed E-state index contributed by atoms with van der Waals surface area (Å²) in [5.74, 6) is 0. The molecule has 0 saturated heterocycles. The van der Waals surface area contributed by atoms with Crippen molar-refractivity contribution in [1.29, 1.82) is 0 Å². The fraction of sp³-hybridized carbons (Fsp3) is 0.714. The third kappa shape index (κ3) is 3.25. The number of aromatic nitrogens is 2. The molecule has 1 N–H and O–H groups in total. The number of aryl methyl sites for hydroxylation is 1. The topological polar surface area (TPSA) is 37.8 Å². The summed E-state index contributed by atoms with van der Waals surface area (Å²) >= 11 is 0. The van der Waals surface area contributed by atoms with Crippen molar-refractivity contribution in [3.8, 4) is 0 Å². The number of hydrogen-bond donors (Lipinski definition) is 1. The summed E-state index contributed by atoms with van der Waals surface area (Å²) < 4.78 is 0. The number of hydrogen-bond acceptors (Lipinski definition) is 3. The first-order valence-corrected chi connectivity index (χ1v) is 6.86. The zero-order valence-corrected chi connectivity index (χ0v) is 11.0. The van der Waals surface area contributed by atoms with Gasteiger partial charge in [0, 0.05) is 23.9 Å². The van der Waals surface area contributed by atoms with Crippen LogP contribution in [-0.4, -0.2) is 22.6 Å². The van der Waals surface area contributed by atoms with Crippen molar-refractivity contribution < 1.29 is 0 Å². The molecule has 1 aromatic heterocycles. The Morgan fingerprint density at radius 3 is 2.88 bits per heavy atom. The highest BCUT2D eigenvalue weighted by Gasteiger charge is 2.15. The molecule has 1 unspecified atom stereocenters. The SMILES string of the molecule is CCNC(C)Cc1ncnc2c1CCCCC2. The monoisotopic (exact) mass is 233 g/mol. The van der Waals surface area contributed by atoms with Crippen molar-refractivity contribution in [3.05, 3.63) is 23.3 Å². The molecule has 1 aliphatic carbocycles. The molecule has 17 heavy (non-hydrogen) atoms. The van der Waals surface area contributed by atoms with Crippen molar-refractivity contribution in [2.24, 2.45) is 0 Å². The molecule has 1 aliphatic rings. The highest BCUT2D eigenvalue weighted by molar-refractivity contribution is 5.26. The Balaban J connectivity index is 2.16. The second-order valence-corrected chi connectivity index (χ2v) is 4.97. The van der Waals surface area contributed by atoms with E-state index in [0.717, 1.165) is 19.4 Å². The molecule has 1 aromatic rings. The molecule has 0 aromatic carbocycles. The first-order valence-electron chi connectivity index (χ1n) is 6.86. The summed E-state index contributed by atoms with van der Waals surface area (Å²) in [6, 6.07) is 0.502. The van der Waals surface area contributed by atoms with Crippen LogP contribution in [0.25, 0.3) is 0 Å². The van der Waals surface area contributed by atoms with Crippen LogP contribution in [0.2, 0.25) is 0 Å². The fourth-order valence-corrected chi connectivity index (χ4v) is 2.65. The van der Waals surface area contributed by atoms with Crippen molar-refractivity contribution in [3.63, 3.8) is 0 Å². The highest BCUT2D eigenvalue weighted by Crippen LogP contribution is 2.21. The van der Waals surface area contributed by atoms with Crippen LogP contribution in [0, 0.1) is 0 Å². The number of nitrogens with one attached hydrogen (secondary N) is 1. The minimum atomic E-state index is 0.502. The van der Waals surface area contributed by atoms with E-state index in [9.17, 15) is 0 Å². The van der Waals surface area contributed by atoms with Crippen LogP contribution < -0.4 is 5.32 Å². The maximum absolute atomic E-state index is 4.50. The Labute approximate surface area is 104 Å². The van der Waals surface area contributed by atoms with Crippen molar-refractivity contribution in [2.75, 3.05) is 6.54 Å². The minimum Gasteiger partial charge on any atom is -0.314 e. The summed E-state index contributed by atoms with van der Waals surface area (Å²) in [6.45, 7) is 5.40. The Morgan fingerprint density at radius 2 is 2.06 bits per heavy atom. The normalized spacial score (nSPS) is 17.3. The van der Waals surface area contributed by atoms with Crippen LogP contribution >= 0.6 is 0 Å². The molecule has 0 bridgehead atoms. The number of fused-ring (bicyclic) bond motifs is 1. The predicted molar refractivity (Wildman–Crippen MR) is 70.1 cm³/mol. The van der Waals surface area contributed by atoms with E-state index in [2.05, 4.69) is 29.1 Å². The van der Waals surface area contributed by atoms with Crippen LogP contribution in [-0.2, 0) is 19.3 Å². The molecular formula is C14H23N3. The Hall–Kier alpha value is -0.960. The zero-order valence-electron chi connectivity index (χ0n) is 11.0. The molecule has 1 heterocycles. The quantitative estimate of drug-likeness (QED) is 0.811. The largest absolute Gasteiger partial charge is 0.314 e. The van der Waals surface area contributed by atoms with E-state index in [1.165, 1.54) is 42.6 Å². The van der Waals surface area contributed by atoms with Crippen LogP contribution in [0.1, 0.15) is 50.1 Å². The average Bonchev–Trinajstić information content (AvgIpc) is 2.55. The fourth-order valence-electron chi connectivity index (χ4n) is 2.65. The first-order chi connectivity index (χ1) is 8.31. The third-order valence-corrected chi connectivity index (χ3v) is 3.52. The lowest BCUT2D eigenvalue weighted by atomic mass is 10.0. The van der Waals surface area contributed by atoms with Crippen molar-refractivity contribution in [1.82, 2.24) is 15.3 Å². The lowest BCUT2D eigenvalue weighted by Gasteiger charge is -2.15. The van der Waals surface area contributed by atoms with Gasteiger partial charge in [-0.15, -0.1) is 0 Å². The van der Waals surface area contributed by atoms with Crippen LogP contribution in [0.4, 0.5) is 0 Å². The van der Waals surface area contributed by atoms with Crippen LogP contribution in [0.5, 0.6) is 0 Å². The third-order valence-electron chi connectivity index (χ3n) is 3.52. The maximum Gasteiger partial charge on any atom is 0.115 e. The summed E-state index contributed by atoms with van der Waals surface area (Å²) in [5, 5.41) is 3.46. The van der Waals surface area contributed by atoms with E-state index < -0.39 is 0 Å². The van der Waals surface area contributed by atoms with E-state index >= 15 is 0 Å². The van der Waals surface area contributed by atoms with Gasteiger partial charge in [0.2, 0.25) is 0 Å². The van der Waals surface area contributed by atoms with Gasteiger partial charge in [-0.1, -0.05) is 13.3 Å². The van der Waals surface area contributed by atoms with Gasteiger partial charge in [-0.05, 0) is 44.7 Å². The molecule has 94 valence electrons. The van der Waals surface area contributed by atoms with Gasteiger partial charge in [0.25, 0.3) is 0 Å². The van der Waals surface area contributed by atoms with Crippen LogP contribution in [0.3, 0.4) is 0 Å². The Bertz CT molecular complexity index is 362. The summed E-state index contributed by atoms with van der Waals surface area (Å²) in [4.78, 5) is 8.97. The van der Waals surface area contributed by atoms with Gasteiger partial charge in [-0.3, -0.25) is 0 Å². The van der Waals surface area contributed by atoms with Crippen molar-refractivity contribution in [2.45, 2.75) is 58.4 Å². The molecule has 2 rings (SSSR count). The second-order valence-electron chi connectivity index (χ2n) is 4.97. The minimum absolute atomic E-state index is 0.502. The van der Waals surface area contributed by atoms with Gasteiger partial charge in [0.1, 0.15) is 6.33 Å². The number of nitrogens with zero attached hydrogens (tertiary/aromatic N) is 2. The van der Waals surface area contributed by atoms with Crippen LogP contribution in [0.15, 0.2) is 6.33 Å². The molecule has 0 saturated carbocycles. The smallest absolute Gasteiger partial charge is 0.115 e. The average molecular weight is 233 g/mol. The molecule has 0 spiro atoms. The number of rotatable bonds is 4. The lowest BCUT2D eigenvalue weighted by molar-refractivity contribution is 0.555. The molecule has 3 heteroatoms. The van der Waals surface area contributed by atoms with E-state index in [-0.39, 0.29) is 0 Å². The standard InChI is InChI=1S/C14H23N3/c1-3-15-11(2)9-14-12-7-5-4-6-8-13(12)16-10-17-14/h10-11,15H,3-9H2,1-2H3. The molecule has 1 atom stereocenters. The lowest BCUT2D eigenvalue weighted by Crippen LogP contribution is -2.28. The van der Waals surface area contributed by atoms with Gasteiger partial charge < -0.3 is 5.32 Å². The van der Waals surface area contributed by atoms with Gasteiger partial charge in [-0.25, -0.2) is 9.97 Å². The van der Waals surface area contributed by atoms with Gasteiger partial charge in [-0.2, -0.15) is 0 Å². The zero-order chi connectivity index (χ0) is 12.1. The molecule has 0 amide bonds.